The summed E-state index contributed by atoms with van der Waals surface area (Å²) < 4.78 is 13.4. The summed E-state index contributed by atoms with van der Waals surface area (Å²) in [6, 6.07) is 18.6. The Morgan fingerprint density at radius 1 is 0.938 bits per heavy atom. The van der Waals surface area contributed by atoms with Gasteiger partial charge in [-0.15, -0.1) is 0 Å². The van der Waals surface area contributed by atoms with Gasteiger partial charge in [-0.1, -0.05) is 59.6 Å². The van der Waals surface area contributed by atoms with Crippen molar-refractivity contribution in [3.63, 3.8) is 0 Å². The van der Waals surface area contributed by atoms with E-state index in [9.17, 15) is 19.1 Å². The molecule has 3 aromatic carbocycles. The first-order valence-electron chi connectivity index (χ1n) is 9.90. The summed E-state index contributed by atoms with van der Waals surface area (Å²) in [7, 11) is 0. The smallest absolute Gasteiger partial charge is 0.295 e. The maximum absolute atomic E-state index is 13.4. The molecular weight excluding hydrogens is 452 g/mol. The summed E-state index contributed by atoms with van der Waals surface area (Å²) in [6.45, 7) is 0.250. The molecule has 4 rings (SSSR count). The normalized spacial score (nSPS) is 17.7. The van der Waals surface area contributed by atoms with E-state index in [1.807, 2.05) is 30.3 Å². The number of Topliss-reactive ketones (excluding diaryl/α,β-unsaturated/α-hetero) is 1. The Kier molecular flexibility index (Phi) is 6.31. The van der Waals surface area contributed by atoms with Gasteiger partial charge >= 0.3 is 0 Å². The number of amides is 1. The van der Waals surface area contributed by atoms with Crippen LogP contribution < -0.4 is 0 Å². The Bertz CT molecular complexity index is 1210. The van der Waals surface area contributed by atoms with Gasteiger partial charge in [-0.25, -0.2) is 4.39 Å². The summed E-state index contributed by atoms with van der Waals surface area (Å²) in [6.07, 6.45) is 0.516. The largest absolute Gasteiger partial charge is 0.507 e. The van der Waals surface area contributed by atoms with E-state index in [-0.39, 0.29) is 28.5 Å². The SMILES string of the molecule is O=C1C(=O)N(CCc2ccccc2)C(c2ccc(Cl)c(Cl)c2)/C1=C(\O)c1ccc(F)cc1. The van der Waals surface area contributed by atoms with Crippen LogP contribution >= 0.6 is 23.2 Å². The number of rotatable bonds is 5. The molecule has 0 saturated carbocycles. The van der Waals surface area contributed by atoms with Crippen molar-refractivity contribution >= 4 is 40.7 Å². The third-order valence-corrected chi connectivity index (χ3v) is 6.14. The van der Waals surface area contributed by atoms with Crippen LogP contribution in [0, 0.1) is 5.82 Å². The maximum Gasteiger partial charge on any atom is 0.295 e. The molecule has 1 fully saturated rings. The van der Waals surface area contributed by atoms with Gasteiger partial charge in [-0.2, -0.15) is 0 Å². The lowest BCUT2D eigenvalue weighted by Gasteiger charge is -2.25. The van der Waals surface area contributed by atoms with Gasteiger partial charge in [-0.3, -0.25) is 9.59 Å². The summed E-state index contributed by atoms with van der Waals surface area (Å²) in [5, 5.41) is 11.5. The Labute approximate surface area is 194 Å². The fourth-order valence-electron chi connectivity index (χ4n) is 3.80. The van der Waals surface area contributed by atoms with Crippen LogP contribution in [0.1, 0.15) is 22.7 Å². The molecule has 7 heteroatoms. The van der Waals surface area contributed by atoms with Gasteiger partial charge in [0.15, 0.2) is 0 Å². The highest BCUT2D eigenvalue weighted by atomic mass is 35.5. The number of likely N-dealkylation sites (tertiary alicyclic amines) is 1. The van der Waals surface area contributed by atoms with E-state index in [1.54, 1.807) is 18.2 Å². The third-order valence-electron chi connectivity index (χ3n) is 5.40. The molecule has 1 aliphatic rings. The number of carbonyl (C=O) groups is 2. The van der Waals surface area contributed by atoms with E-state index in [1.165, 1.54) is 29.2 Å². The lowest BCUT2D eigenvalue weighted by molar-refractivity contribution is -0.139. The average molecular weight is 470 g/mol. The summed E-state index contributed by atoms with van der Waals surface area (Å²) >= 11 is 12.3. The number of ketones is 1. The minimum atomic E-state index is -0.862. The minimum Gasteiger partial charge on any atom is -0.507 e. The monoisotopic (exact) mass is 469 g/mol. The van der Waals surface area contributed by atoms with Crippen molar-refractivity contribution in [3.05, 3.63) is 111 Å². The molecule has 32 heavy (non-hydrogen) atoms. The number of nitrogens with zero attached hydrogens (tertiary/aromatic N) is 1. The minimum absolute atomic E-state index is 0.0759. The molecule has 0 bridgehead atoms. The van der Waals surface area contributed by atoms with Gasteiger partial charge in [0.05, 0.1) is 21.7 Å². The number of aliphatic hydroxyl groups excluding tert-OH is 1. The maximum atomic E-state index is 13.4. The standard InChI is InChI=1S/C25H18Cl2FNO3/c26-19-11-8-17(14-20(19)27)22-21(23(30)16-6-9-18(28)10-7-16)24(31)25(32)29(22)13-12-15-4-2-1-3-5-15/h1-11,14,22,30H,12-13H2/b23-21+. The Balaban J connectivity index is 1.81. The zero-order chi connectivity index (χ0) is 22.8. The first kappa shape index (κ1) is 22.1. The van der Waals surface area contributed by atoms with E-state index >= 15 is 0 Å². The molecule has 0 aliphatic carbocycles. The van der Waals surface area contributed by atoms with Crippen molar-refractivity contribution in [3.8, 4) is 0 Å². The topological polar surface area (TPSA) is 57.6 Å². The van der Waals surface area contributed by atoms with Gasteiger partial charge in [0, 0.05) is 12.1 Å². The average Bonchev–Trinajstić information content (AvgIpc) is 3.05. The predicted octanol–water partition coefficient (Wildman–Crippen LogP) is 5.80. The molecule has 3 aromatic rings. The van der Waals surface area contributed by atoms with Crippen LogP contribution in [-0.2, 0) is 16.0 Å². The lowest BCUT2D eigenvalue weighted by Crippen LogP contribution is -2.31. The fourth-order valence-corrected chi connectivity index (χ4v) is 4.10. The van der Waals surface area contributed by atoms with E-state index in [4.69, 9.17) is 23.2 Å². The van der Waals surface area contributed by atoms with Gasteiger partial charge in [0.2, 0.25) is 0 Å². The van der Waals surface area contributed by atoms with Gasteiger partial charge in [0.25, 0.3) is 11.7 Å². The molecule has 0 radical (unpaired) electrons. The molecule has 1 amide bonds. The highest BCUT2D eigenvalue weighted by molar-refractivity contribution is 6.46. The molecule has 1 saturated heterocycles. The summed E-state index contributed by atoms with van der Waals surface area (Å²) in [5.41, 5.74) is 1.70. The fraction of sp³-hybridized carbons (Fsp3) is 0.120. The van der Waals surface area contributed by atoms with Crippen LogP contribution in [0.4, 0.5) is 4.39 Å². The Morgan fingerprint density at radius 3 is 2.28 bits per heavy atom. The molecule has 1 aliphatic heterocycles. The number of hydrogen-bond donors (Lipinski definition) is 1. The van der Waals surface area contributed by atoms with Gasteiger partial charge in [-0.05, 0) is 53.9 Å². The van der Waals surface area contributed by atoms with Crippen LogP contribution in [0.3, 0.4) is 0 Å². The molecule has 162 valence electrons. The Morgan fingerprint density at radius 2 is 1.62 bits per heavy atom. The van der Waals surface area contributed by atoms with Crippen molar-refractivity contribution in [2.45, 2.75) is 12.5 Å². The molecule has 0 spiro atoms. The molecular formula is C25H18Cl2FNO3. The van der Waals surface area contributed by atoms with Gasteiger partial charge < -0.3 is 10.0 Å². The van der Waals surface area contributed by atoms with Crippen LogP contribution in [0.25, 0.3) is 5.76 Å². The highest BCUT2D eigenvalue weighted by Crippen LogP contribution is 2.41. The number of aliphatic hydroxyl groups is 1. The highest BCUT2D eigenvalue weighted by Gasteiger charge is 2.46. The predicted molar refractivity (Wildman–Crippen MR) is 122 cm³/mol. The first-order valence-corrected chi connectivity index (χ1v) is 10.7. The second kappa shape index (κ2) is 9.15. The summed E-state index contributed by atoms with van der Waals surface area (Å²) in [4.78, 5) is 27.4. The molecule has 0 aromatic heterocycles. The van der Waals surface area contributed by atoms with Crippen molar-refractivity contribution in [1.29, 1.82) is 0 Å². The quantitative estimate of drug-likeness (QED) is 0.292. The lowest BCUT2D eigenvalue weighted by atomic mass is 9.95. The Hall–Kier alpha value is -3.15. The van der Waals surface area contributed by atoms with Crippen molar-refractivity contribution in [1.82, 2.24) is 4.90 Å². The number of halogens is 3. The van der Waals surface area contributed by atoms with E-state index in [0.717, 1.165) is 5.56 Å². The number of carbonyl (C=O) groups excluding carboxylic acids is 2. The summed E-state index contributed by atoms with van der Waals surface area (Å²) in [5.74, 6) is -2.39. The second-order valence-corrected chi connectivity index (χ2v) is 8.22. The number of benzene rings is 3. The molecule has 1 heterocycles. The molecule has 1 unspecified atom stereocenters. The van der Waals surface area contributed by atoms with E-state index < -0.39 is 23.5 Å². The van der Waals surface area contributed by atoms with Gasteiger partial charge in [0.1, 0.15) is 11.6 Å². The van der Waals surface area contributed by atoms with Crippen LogP contribution in [-0.4, -0.2) is 28.2 Å². The van der Waals surface area contributed by atoms with E-state index in [2.05, 4.69) is 0 Å². The number of hydrogen-bond acceptors (Lipinski definition) is 3. The zero-order valence-electron chi connectivity index (χ0n) is 16.8. The molecule has 1 N–H and O–H groups in total. The second-order valence-electron chi connectivity index (χ2n) is 7.41. The zero-order valence-corrected chi connectivity index (χ0v) is 18.3. The van der Waals surface area contributed by atoms with Crippen LogP contribution in [0.15, 0.2) is 78.4 Å². The van der Waals surface area contributed by atoms with Crippen molar-refractivity contribution < 1.29 is 19.1 Å². The molecule has 1 atom stereocenters. The van der Waals surface area contributed by atoms with Crippen LogP contribution in [0.2, 0.25) is 10.0 Å². The van der Waals surface area contributed by atoms with E-state index in [0.29, 0.717) is 17.0 Å². The molecule has 4 nitrogen and oxygen atoms in total. The van der Waals surface area contributed by atoms with Crippen molar-refractivity contribution in [2.75, 3.05) is 6.54 Å². The van der Waals surface area contributed by atoms with Crippen LogP contribution in [0.5, 0.6) is 0 Å². The third kappa shape index (κ3) is 4.27. The first-order chi connectivity index (χ1) is 15.4. The van der Waals surface area contributed by atoms with Crippen molar-refractivity contribution in [2.24, 2.45) is 0 Å².